The molecule has 3 N–H and O–H groups in total. The van der Waals surface area contributed by atoms with Crippen molar-refractivity contribution in [1.82, 2.24) is 15.6 Å². The minimum atomic E-state index is -0.619. The summed E-state index contributed by atoms with van der Waals surface area (Å²) in [6.45, 7) is -0.0664. The highest BCUT2D eigenvalue weighted by atomic mass is 16.5. The Morgan fingerprint density at radius 3 is 2.59 bits per heavy atom. The van der Waals surface area contributed by atoms with Gasteiger partial charge < -0.3 is 25.1 Å². The van der Waals surface area contributed by atoms with E-state index in [0.29, 0.717) is 22.4 Å². The van der Waals surface area contributed by atoms with Crippen LogP contribution >= 0.6 is 0 Å². The van der Waals surface area contributed by atoms with Crippen molar-refractivity contribution in [3.8, 4) is 11.5 Å². The largest absolute Gasteiger partial charge is 0.497 e. The highest BCUT2D eigenvalue weighted by Gasteiger charge is 2.14. The number of carbonyl (C=O) groups is 2. The first-order valence-electron chi connectivity index (χ1n) is 8.89. The maximum absolute atomic E-state index is 12.4. The number of amides is 2. The molecule has 8 heteroatoms. The first-order valence-corrected chi connectivity index (χ1v) is 8.89. The van der Waals surface area contributed by atoms with Crippen molar-refractivity contribution in [2.24, 2.45) is 0 Å². The second kappa shape index (κ2) is 8.92. The van der Waals surface area contributed by atoms with Crippen molar-refractivity contribution >= 4 is 22.7 Å². The first-order chi connectivity index (χ1) is 14.0. The number of para-hydroxylation sites is 1. The summed E-state index contributed by atoms with van der Waals surface area (Å²) in [7, 11) is 3.09. The van der Waals surface area contributed by atoms with Crippen LogP contribution in [0.4, 0.5) is 0 Å². The lowest BCUT2D eigenvalue weighted by molar-refractivity contribution is -0.120. The number of nitrogens with one attached hydrogen (secondary N) is 3. The van der Waals surface area contributed by atoms with Gasteiger partial charge in [0.2, 0.25) is 11.3 Å². The molecule has 0 atom stereocenters. The Morgan fingerprint density at radius 1 is 1.03 bits per heavy atom. The minimum Gasteiger partial charge on any atom is -0.497 e. The van der Waals surface area contributed by atoms with Gasteiger partial charge in [0.05, 0.1) is 20.8 Å². The Morgan fingerprint density at radius 2 is 1.83 bits per heavy atom. The van der Waals surface area contributed by atoms with Crippen LogP contribution in [0.25, 0.3) is 10.9 Å². The summed E-state index contributed by atoms with van der Waals surface area (Å²) >= 11 is 0. The quantitative estimate of drug-likeness (QED) is 0.563. The van der Waals surface area contributed by atoms with E-state index in [0.717, 1.165) is 5.56 Å². The maximum Gasteiger partial charge on any atom is 0.257 e. The number of fused-ring (bicyclic) bond motifs is 1. The van der Waals surface area contributed by atoms with E-state index in [2.05, 4.69) is 15.6 Å². The topological polar surface area (TPSA) is 110 Å². The molecule has 3 rings (SSSR count). The molecule has 0 saturated carbocycles. The van der Waals surface area contributed by atoms with E-state index in [1.54, 1.807) is 49.6 Å². The number of hydrogen-bond donors (Lipinski definition) is 3. The molecule has 0 unspecified atom stereocenters. The SMILES string of the molecule is COc1ccc(OC)c(CNC(=O)CNC(=O)c2c[nH]c3ccccc3c2=O)c1. The molecule has 0 aliphatic rings. The lowest BCUT2D eigenvalue weighted by Gasteiger charge is -2.12. The molecule has 29 heavy (non-hydrogen) atoms. The maximum atomic E-state index is 12.4. The molecule has 0 aliphatic carbocycles. The lowest BCUT2D eigenvalue weighted by Crippen LogP contribution is -2.38. The smallest absolute Gasteiger partial charge is 0.257 e. The molecule has 0 aliphatic heterocycles. The summed E-state index contributed by atoms with van der Waals surface area (Å²) in [5, 5.41) is 5.58. The second-order valence-electron chi connectivity index (χ2n) is 6.21. The van der Waals surface area contributed by atoms with E-state index in [9.17, 15) is 14.4 Å². The molecule has 8 nitrogen and oxygen atoms in total. The molecule has 3 aromatic rings. The van der Waals surface area contributed by atoms with Gasteiger partial charge in [0.1, 0.15) is 17.1 Å². The number of benzene rings is 2. The normalized spacial score (nSPS) is 10.4. The van der Waals surface area contributed by atoms with Crippen LogP contribution in [0.3, 0.4) is 0 Å². The van der Waals surface area contributed by atoms with E-state index in [-0.39, 0.29) is 18.7 Å². The van der Waals surface area contributed by atoms with Crippen molar-refractivity contribution in [2.75, 3.05) is 20.8 Å². The molecule has 2 amide bonds. The Bertz CT molecular complexity index is 1110. The second-order valence-corrected chi connectivity index (χ2v) is 6.21. The first kappa shape index (κ1) is 19.9. The molecule has 1 aromatic heterocycles. The average Bonchev–Trinajstić information content (AvgIpc) is 2.76. The third-order valence-electron chi connectivity index (χ3n) is 4.41. The number of aromatic nitrogens is 1. The Labute approximate surface area is 166 Å². The predicted octanol–water partition coefficient (Wildman–Crippen LogP) is 1.59. The van der Waals surface area contributed by atoms with Gasteiger partial charge in [0, 0.05) is 29.2 Å². The van der Waals surface area contributed by atoms with Crippen LogP contribution in [0.15, 0.2) is 53.5 Å². The summed E-state index contributed by atoms with van der Waals surface area (Å²) < 4.78 is 10.4. The van der Waals surface area contributed by atoms with E-state index >= 15 is 0 Å². The third-order valence-corrected chi connectivity index (χ3v) is 4.41. The Kier molecular flexibility index (Phi) is 6.13. The van der Waals surface area contributed by atoms with Crippen molar-refractivity contribution in [1.29, 1.82) is 0 Å². The Hall–Kier alpha value is -3.81. The molecule has 2 aromatic carbocycles. The highest BCUT2D eigenvalue weighted by Crippen LogP contribution is 2.23. The molecule has 0 fully saturated rings. The summed E-state index contributed by atoms with van der Waals surface area (Å²) in [4.78, 5) is 39.8. The number of carbonyl (C=O) groups excluding carboxylic acids is 2. The molecule has 0 saturated heterocycles. The fraction of sp³-hybridized carbons (Fsp3) is 0.190. The van der Waals surface area contributed by atoms with Gasteiger partial charge in [0.15, 0.2) is 0 Å². The number of pyridine rings is 1. The molecule has 1 heterocycles. The molecule has 0 spiro atoms. The van der Waals surface area contributed by atoms with E-state index in [1.807, 2.05) is 0 Å². The van der Waals surface area contributed by atoms with Crippen LogP contribution in [0.5, 0.6) is 11.5 Å². The average molecular weight is 395 g/mol. The molecular weight excluding hydrogens is 374 g/mol. The van der Waals surface area contributed by atoms with Crippen molar-refractivity contribution < 1.29 is 19.1 Å². The zero-order valence-corrected chi connectivity index (χ0v) is 16.1. The van der Waals surface area contributed by atoms with Crippen molar-refractivity contribution in [2.45, 2.75) is 6.54 Å². The van der Waals surface area contributed by atoms with Crippen LogP contribution in [-0.2, 0) is 11.3 Å². The van der Waals surface area contributed by atoms with Crippen LogP contribution in [-0.4, -0.2) is 37.6 Å². The summed E-state index contributed by atoms with van der Waals surface area (Å²) in [5.74, 6) is 0.225. The predicted molar refractivity (Wildman–Crippen MR) is 108 cm³/mol. The van der Waals surface area contributed by atoms with Gasteiger partial charge in [-0.15, -0.1) is 0 Å². The third kappa shape index (κ3) is 4.55. The molecule has 0 radical (unpaired) electrons. The van der Waals surface area contributed by atoms with Gasteiger partial charge in [-0.3, -0.25) is 14.4 Å². The summed E-state index contributed by atoms with van der Waals surface area (Å²) in [6, 6.07) is 12.2. The van der Waals surface area contributed by atoms with Crippen molar-refractivity contribution in [3.63, 3.8) is 0 Å². The van der Waals surface area contributed by atoms with Crippen LogP contribution in [0.1, 0.15) is 15.9 Å². The van der Waals surface area contributed by atoms with Crippen molar-refractivity contribution in [3.05, 3.63) is 70.0 Å². The van der Waals surface area contributed by atoms with Crippen LogP contribution in [0, 0.1) is 0 Å². The van der Waals surface area contributed by atoms with Crippen LogP contribution < -0.4 is 25.5 Å². The summed E-state index contributed by atoms with van der Waals surface area (Å²) in [6.07, 6.45) is 1.35. The highest BCUT2D eigenvalue weighted by molar-refractivity contribution is 5.98. The molecular formula is C21H21N3O5. The number of H-pyrrole nitrogens is 1. The van der Waals surface area contributed by atoms with E-state index in [1.165, 1.54) is 13.3 Å². The fourth-order valence-electron chi connectivity index (χ4n) is 2.87. The van der Waals surface area contributed by atoms with Gasteiger partial charge >= 0.3 is 0 Å². The fourth-order valence-corrected chi connectivity index (χ4v) is 2.87. The zero-order valence-electron chi connectivity index (χ0n) is 16.1. The van der Waals surface area contributed by atoms with E-state index in [4.69, 9.17) is 9.47 Å². The van der Waals surface area contributed by atoms with Gasteiger partial charge in [-0.2, -0.15) is 0 Å². The number of methoxy groups -OCH3 is 2. The van der Waals surface area contributed by atoms with Gasteiger partial charge in [0.25, 0.3) is 5.91 Å². The number of ether oxygens (including phenoxy) is 2. The Balaban J connectivity index is 1.61. The number of hydrogen-bond acceptors (Lipinski definition) is 5. The number of rotatable bonds is 7. The number of aromatic amines is 1. The van der Waals surface area contributed by atoms with E-state index < -0.39 is 17.2 Å². The van der Waals surface area contributed by atoms with Gasteiger partial charge in [-0.25, -0.2) is 0 Å². The van der Waals surface area contributed by atoms with Gasteiger partial charge in [-0.1, -0.05) is 12.1 Å². The van der Waals surface area contributed by atoms with Crippen LogP contribution in [0.2, 0.25) is 0 Å². The summed E-state index contributed by atoms with van der Waals surface area (Å²) in [5.41, 5.74) is 0.931. The molecule has 0 bridgehead atoms. The molecule has 150 valence electrons. The monoisotopic (exact) mass is 395 g/mol. The lowest BCUT2D eigenvalue weighted by atomic mass is 10.1. The standard InChI is InChI=1S/C21H21N3O5/c1-28-14-7-8-18(29-2)13(9-14)10-23-19(25)12-24-21(27)16-11-22-17-6-4-3-5-15(17)20(16)26/h3-9,11H,10,12H2,1-2H3,(H,22,26)(H,23,25)(H,24,27). The zero-order chi connectivity index (χ0) is 20.8. The minimum absolute atomic E-state index is 0.0500. The van der Waals surface area contributed by atoms with Gasteiger partial charge in [-0.05, 0) is 30.3 Å².